The molecule has 1 heterocycles. The zero-order valence-corrected chi connectivity index (χ0v) is 22.1. The van der Waals surface area contributed by atoms with E-state index in [9.17, 15) is 24.3 Å². The first-order valence-electron chi connectivity index (χ1n) is 13.0. The fourth-order valence-corrected chi connectivity index (χ4v) is 4.48. The Labute approximate surface area is 223 Å². The number of likely N-dealkylation sites (tertiary alicyclic amines) is 1. The number of benzene rings is 1. The van der Waals surface area contributed by atoms with Gasteiger partial charge in [0, 0.05) is 19.5 Å². The van der Waals surface area contributed by atoms with E-state index in [1.165, 1.54) is 4.90 Å². The molecule has 12 heteroatoms. The van der Waals surface area contributed by atoms with Gasteiger partial charge in [-0.05, 0) is 43.6 Å². The maximum atomic E-state index is 13.5. The van der Waals surface area contributed by atoms with E-state index in [0.29, 0.717) is 32.2 Å². The Hall–Kier alpha value is -3.67. The third kappa shape index (κ3) is 9.66. The molecule has 2 rings (SSSR count). The lowest BCUT2D eigenvalue weighted by Crippen LogP contribution is -2.57. The quantitative estimate of drug-likeness (QED) is 0.106. The van der Waals surface area contributed by atoms with E-state index in [4.69, 9.17) is 17.2 Å². The normalized spacial score (nSPS) is 17.4. The van der Waals surface area contributed by atoms with Crippen molar-refractivity contribution in [3.8, 4) is 0 Å². The van der Waals surface area contributed by atoms with E-state index in [2.05, 4.69) is 15.6 Å². The highest BCUT2D eigenvalue weighted by molar-refractivity contribution is 5.94. The smallest absolute Gasteiger partial charge is 0.326 e. The third-order valence-electron chi connectivity index (χ3n) is 6.36. The number of hydrogen-bond acceptors (Lipinski definition) is 6. The van der Waals surface area contributed by atoms with Crippen LogP contribution in [0.15, 0.2) is 35.3 Å². The molecule has 1 aliphatic heterocycles. The van der Waals surface area contributed by atoms with E-state index in [-0.39, 0.29) is 31.3 Å². The molecule has 1 aromatic carbocycles. The lowest BCUT2D eigenvalue weighted by molar-refractivity contribution is -0.149. The molecule has 0 aromatic heterocycles. The predicted octanol–water partition coefficient (Wildman–Crippen LogP) is -0.299. The summed E-state index contributed by atoms with van der Waals surface area (Å²) in [5.41, 5.74) is 17.6. The summed E-state index contributed by atoms with van der Waals surface area (Å²) in [6.45, 7) is 4.42. The van der Waals surface area contributed by atoms with Crippen molar-refractivity contribution in [2.24, 2.45) is 28.1 Å². The topological polar surface area (TPSA) is 206 Å². The molecule has 4 unspecified atom stereocenters. The molecule has 1 aromatic rings. The SMILES string of the molecule is CC(C)CC(N)C(=O)NC(CCCN=C(N)N)C(=O)NC(Cc1ccccc1)C(=O)N1CCCC1C(=O)O. The van der Waals surface area contributed by atoms with Gasteiger partial charge in [0.25, 0.3) is 0 Å². The van der Waals surface area contributed by atoms with E-state index in [1.54, 1.807) is 0 Å². The standard InChI is InChI=1S/C26H41N7O5/c1-16(2)14-18(27)22(34)31-19(10-6-12-30-26(28)29)23(35)32-20(15-17-8-4-3-5-9-17)24(36)33-13-7-11-21(33)25(37)38/h3-5,8-9,16,18-21H,6-7,10-15,27H2,1-2H3,(H,31,34)(H,32,35)(H,37,38)(H4,28,29,30). The number of amides is 3. The molecule has 0 saturated carbocycles. The summed E-state index contributed by atoms with van der Waals surface area (Å²) < 4.78 is 0. The highest BCUT2D eigenvalue weighted by Gasteiger charge is 2.38. The molecule has 9 N–H and O–H groups in total. The van der Waals surface area contributed by atoms with Crippen LogP contribution in [0, 0.1) is 5.92 Å². The molecule has 1 fully saturated rings. The van der Waals surface area contributed by atoms with Gasteiger partial charge in [-0.25, -0.2) is 4.79 Å². The van der Waals surface area contributed by atoms with Crippen LogP contribution in [-0.4, -0.2) is 76.9 Å². The van der Waals surface area contributed by atoms with Gasteiger partial charge >= 0.3 is 5.97 Å². The van der Waals surface area contributed by atoms with Gasteiger partial charge in [-0.15, -0.1) is 0 Å². The second-order valence-electron chi connectivity index (χ2n) is 10.0. The molecule has 0 radical (unpaired) electrons. The highest BCUT2D eigenvalue weighted by Crippen LogP contribution is 2.20. The Morgan fingerprint density at radius 1 is 1.08 bits per heavy atom. The number of carbonyl (C=O) groups excluding carboxylic acids is 3. The average Bonchev–Trinajstić information content (AvgIpc) is 3.35. The van der Waals surface area contributed by atoms with Crippen LogP contribution in [0.4, 0.5) is 0 Å². The number of carbonyl (C=O) groups is 4. The van der Waals surface area contributed by atoms with Gasteiger partial charge in [0.1, 0.15) is 18.1 Å². The fraction of sp³-hybridized carbons (Fsp3) is 0.577. The van der Waals surface area contributed by atoms with Crippen LogP contribution in [0.2, 0.25) is 0 Å². The number of nitrogens with two attached hydrogens (primary N) is 3. The van der Waals surface area contributed by atoms with Gasteiger partial charge in [-0.1, -0.05) is 44.2 Å². The van der Waals surface area contributed by atoms with Crippen molar-refractivity contribution < 1.29 is 24.3 Å². The first-order valence-corrected chi connectivity index (χ1v) is 13.0. The fourth-order valence-electron chi connectivity index (χ4n) is 4.48. The van der Waals surface area contributed by atoms with Gasteiger partial charge in [0.05, 0.1) is 6.04 Å². The molecular weight excluding hydrogens is 490 g/mol. The molecule has 12 nitrogen and oxygen atoms in total. The number of nitrogens with one attached hydrogen (secondary N) is 2. The van der Waals surface area contributed by atoms with Crippen molar-refractivity contribution in [1.29, 1.82) is 0 Å². The van der Waals surface area contributed by atoms with Crippen LogP contribution in [0.3, 0.4) is 0 Å². The molecule has 0 bridgehead atoms. The van der Waals surface area contributed by atoms with E-state index in [1.807, 2.05) is 44.2 Å². The average molecular weight is 532 g/mol. The number of hydrogen-bond donors (Lipinski definition) is 6. The summed E-state index contributed by atoms with van der Waals surface area (Å²) in [7, 11) is 0. The summed E-state index contributed by atoms with van der Waals surface area (Å²) in [6, 6.07) is 5.36. The number of rotatable bonds is 14. The molecule has 0 aliphatic carbocycles. The van der Waals surface area contributed by atoms with Crippen molar-refractivity contribution in [2.45, 2.75) is 76.5 Å². The zero-order valence-electron chi connectivity index (χ0n) is 22.1. The van der Waals surface area contributed by atoms with Crippen LogP contribution < -0.4 is 27.8 Å². The lowest BCUT2D eigenvalue weighted by Gasteiger charge is -2.29. The summed E-state index contributed by atoms with van der Waals surface area (Å²) in [5, 5.41) is 15.1. The third-order valence-corrected chi connectivity index (χ3v) is 6.36. The van der Waals surface area contributed by atoms with Crippen LogP contribution in [0.5, 0.6) is 0 Å². The van der Waals surface area contributed by atoms with Gasteiger partial charge in [-0.2, -0.15) is 0 Å². The molecule has 210 valence electrons. The van der Waals surface area contributed by atoms with Crippen molar-refractivity contribution in [3.63, 3.8) is 0 Å². The van der Waals surface area contributed by atoms with Gasteiger partial charge in [0.15, 0.2) is 5.96 Å². The monoisotopic (exact) mass is 531 g/mol. The molecule has 0 spiro atoms. The van der Waals surface area contributed by atoms with Gasteiger partial charge < -0.3 is 37.8 Å². The Balaban J connectivity index is 2.24. The van der Waals surface area contributed by atoms with E-state index in [0.717, 1.165) is 5.56 Å². The Kier molecular flexibility index (Phi) is 12.0. The summed E-state index contributed by atoms with van der Waals surface area (Å²) in [5.74, 6) is -2.50. The second kappa shape index (κ2) is 14.9. The molecule has 1 aliphatic rings. The predicted molar refractivity (Wildman–Crippen MR) is 144 cm³/mol. The number of carboxylic acid groups (broad SMARTS) is 1. The van der Waals surface area contributed by atoms with Crippen molar-refractivity contribution in [3.05, 3.63) is 35.9 Å². The Morgan fingerprint density at radius 3 is 2.34 bits per heavy atom. The summed E-state index contributed by atoms with van der Waals surface area (Å²) in [6.07, 6.45) is 2.11. The van der Waals surface area contributed by atoms with Crippen LogP contribution in [0.25, 0.3) is 0 Å². The molecule has 1 saturated heterocycles. The minimum Gasteiger partial charge on any atom is -0.480 e. The Bertz CT molecular complexity index is 981. The Morgan fingerprint density at radius 2 is 1.74 bits per heavy atom. The minimum atomic E-state index is -1.08. The van der Waals surface area contributed by atoms with Crippen molar-refractivity contribution >= 4 is 29.7 Å². The summed E-state index contributed by atoms with van der Waals surface area (Å²) >= 11 is 0. The van der Waals surface area contributed by atoms with E-state index >= 15 is 0 Å². The first-order chi connectivity index (χ1) is 18.0. The van der Waals surface area contributed by atoms with E-state index < -0.39 is 47.9 Å². The number of guanidine groups is 1. The second-order valence-corrected chi connectivity index (χ2v) is 10.0. The van der Waals surface area contributed by atoms with Crippen LogP contribution >= 0.6 is 0 Å². The zero-order chi connectivity index (χ0) is 28.2. The summed E-state index contributed by atoms with van der Waals surface area (Å²) in [4.78, 5) is 56.6. The van der Waals surface area contributed by atoms with Crippen LogP contribution in [0.1, 0.15) is 51.5 Å². The molecule has 4 atom stereocenters. The number of aliphatic carboxylic acids is 1. The molecule has 3 amide bonds. The highest BCUT2D eigenvalue weighted by atomic mass is 16.4. The molecule has 38 heavy (non-hydrogen) atoms. The lowest BCUT2D eigenvalue weighted by atomic mass is 10.0. The van der Waals surface area contributed by atoms with Gasteiger partial charge in [-0.3, -0.25) is 19.4 Å². The van der Waals surface area contributed by atoms with Gasteiger partial charge in [0.2, 0.25) is 17.7 Å². The largest absolute Gasteiger partial charge is 0.480 e. The number of aliphatic imine (C=N–C) groups is 1. The maximum absolute atomic E-state index is 13.5. The number of nitrogens with zero attached hydrogens (tertiary/aromatic N) is 2. The first kappa shape index (κ1) is 30.6. The van der Waals surface area contributed by atoms with Crippen molar-refractivity contribution in [1.82, 2.24) is 15.5 Å². The maximum Gasteiger partial charge on any atom is 0.326 e. The van der Waals surface area contributed by atoms with Crippen LogP contribution in [-0.2, 0) is 25.6 Å². The minimum absolute atomic E-state index is 0.0823. The number of carboxylic acids is 1. The molecular formula is C26H41N7O5. The van der Waals surface area contributed by atoms with Crippen molar-refractivity contribution in [2.75, 3.05) is 13.1 Å².